The van der Waals surface area contributed by atoms with Crippen LogP contribution in [0.2, 0.25) is 0 Å². The summed E-state index contributed by atoms with van der Waals surface area (Å²) >= 11 is 0. The fraction of sp³-hybridized carbons (Fsp3) is 0.467. The van der Waals surface area contributed by atoms with E-state index in [1.807, 2.05) is 0 Å². The zero-order valence-corrected chi connectivity index (χ0v) is 20.1. The van der Waals surface area contributed by atoms with Crippen molar-refractivity contribution in [2.75, 3.05) is 0 Å². The molecule has 1 N–H and O–H groups in total. The molecule has 0 aliphatic rings. The van der Waals surface area contributed by atoms with Crippen molar-refractivity contribution in [2.45, 2.75) is 46.6 Å². The Hall–Kier alpha value is -1.52. The third-order valence-corrected chi connectivity index (χ3v) is 5.00. The van der Waals surface area contributed by atoms with Gasteiger partial charge in [0.15, 0.2) is 5.75 Å². The number of benzene rings is 1. The largest absolute Gasteiger partial charge is 1.00 e. The molecule has 23 heteroatoms. The quantitative estimate of drug-likeness (QED) is 0.195. The Labute approximate surface area is 221 Å². The molecule has 0 saturated heterocycles. The Kier molecular flexibility index (Phi) is 10.0. The van der Waals surface area contributed by atoms with Crippen LogP contribution in [0.3, 0.4) is 0 Å². The van der Waals surface area contributed by atoms with Gasteiger partial charge in [0.05, 0.1) is 0 Å². The summed E-state index contributed by atoms with van der Waals surface area (Å²) in [6.45, 7) is 0. The van der Waals surface area contributed by atoms with Gasteiger partial charge >= 0.3 is 77.3 Å². The Morgan fingerprint density at radius 3 is 1.45 bits per heavy atom. The van der Waals surface area contributed by atoms with Gasteiger partial charge in [0.1, 0.15) is 4.90 Å². The average molecular weight is 628 g/mol. The van der Waals surface area contributed by atoms with Crippen LogP contribution < -0.4 is 34.3 Å². The van der Waals surface area contributed by atoms with E-state index in [1.54, 1.807) is 0 Å². The van der Waals surface area contributed by atoms with Crippen molar-refractivity contribution in [1.82, 2.24) is 0 Å². The molecule has 0 saturated carbocycles. The van der Waals surface area contributed by atoms with Crippen molar-refractivity contribution in [3.63, 3.8) is 0 Å². The van der Waals surface area contributed by atoms with Gasteiger partial charge in [-0.2, -0.15) is 83.1 Å². The molecule has 0 amide bonds. The predicted molar refractivity (Wildman–Crippen MR) is 83.0 cm³/mol. The molecule has 0 aliphatic heterocycles. The van der Waals surface area contributed by atoms with Crippen LogP contribution in [0.1, 0.15) is 1.43 Å². The van der Waals surface area contributed by atoms with Crippen molar-refractivity contribution >= 4 is 10.1 Å². The first-order valence-electron chi connectivity index (χ1n) is 8.17. The van der Waals surface area contributed by atoms with E-state index in [-0.39, 0.29) is 43.1 Å². The normalized spacial score (nSPS) is 15.5. The van der Waals surface area contributed by atoms with Crippen LogP contribution in [-0.4, -0.2) is 54.7 Å². The maximum Gasteiger partial charge on any atom is 1.00 e. The van der Waals surface area contributed by atoms with E-state index in [4.69, 9.17) is 4.55 Å². The van der Waals surface area contributed by atoms with Crippen molar-refractivity contribution < 1.29 is 123 Å². The van der Waals surface area contributed by atoms with E-state index in [0.717, 1.165) is 0 Å². The van der Waals surface area contributed by atoms with Crippen LogP contribution in [-0.2, 0) is 10.1 Å². The average Bonchev–Trinajstić information content (AvgIpc) is 2.71. The zero-order valence-electron chi connectivity index (χ0n) is 18.3. The molecule has 0 radical (unpaired) electrons. The minimum Gasteiger partial charge on any atom is -1.00 e. The van der Waals surface area contributed by atoms with Gasteiger partial charge in [0, 0.05) is 0 Å². The van der Waals surface area contributed by atoms with E-state index < -0.39 is 74.3 Å². The second-order valence-electron chi connectivity index (χ2n) is 6.56. The molecule has 38 heavy (non-hydrogen) atoms. The van der Waals surface area contributed by atoms with Gasteiger partial charge in [-0.1, -0.05) is 12.1 Å². The van der Waals surface area contributed by atoms with Crippen molar-refractivity contribution in [3.05, 3.63) is 36.1 Å². The maximum absolute atomic E-state index is 13.7. The van der Waals surface area contributed by atoms with E-state index in [9.17, 15) is 83.1 Å². The van der Waals surface area contributed by atoms with Crippen LogP contribution in [0, 0.1) is 0 Å². The summed E-state index contributed by atoms with van der Waals surface area (Å²) < 4.78 is 258. The van der Waals surface area contributed by atoms with Gasteiger partial charge in [-0.25, -0.2) is 0 Å². The number of para-hydroxylation sites is 1. The van der Waals surface area contributed by atoms with E-state index in [1.165, 1.54) is 0 Å². The van der Waals surface area contributed by atoms with Crippen LogP contribution in [0.25, 0.3) is 0 Å². The fourth-order valence-electron chi connectivity index (χ4n) is 2.12. The van der Waals surface area contributed by atoms with Gasteiger partial charge in [-0.15, -0.1) is 0 Å². The first kappa shape index (κ1) is 36.5. The number of ether oxygens (including phenoxy) is 1. The minimum absolute atomic E-state index is 0. The standard InChI is InChI=1S/C15H5F17O4S.Na.H/c16-7(8(17)36-5-3-1-2-4-6(5)37(33,34)35)9(18,19)10(20,21)11(22,23)12(24,25)13(26,27)14(28,29)15(30,31)32;;/h1-4H,(H,33,34,35);;/q;+1;-1. The molecule has 0 heterocycles. The summed E-state index contributed by atoms with van der Waals surface area (Å²) in [6.07, 6.45) is -7.85. The summed E-state index contributed by atoms with van der Waals surface area (Å²) in [5.74, 6) is -56.9. The third-order valence-electron chi connectivity index (χ3n) is 4.10. The molecule has 1 aromatic rings. The van der Waals surface area contributed by atoms with Gasteiger partial charge in [0.2, 0.25) is 5.83 Å². The molecular weight excluding hydrogens is 622 g/mol. The Morgan fingerprint density at radius 1 is 0.684 bits per heavy atom. The van der Waals surface area contributed by atoms with E-state index in [2.05, 4.69) is 4.74 Å². The summed E-state index contributed by atoms with van der Waals surface area (Å²) in [7, 11) is -5.49. The second kappa shape index (κ2) is 10.5. The van der Waals surface area contributed by atoms with Crippen LogP contribution in [0.5, 0.6) is 5.75 Å². The third kappa shape index (κ3) is 5.55. The molecule has 4 nitrogen and oxygen atoms in total. The molecule has 0 fully saturated rings. The molecule has 1 rings (SSSR count). The minimum atomic E-state index is -8.73. The molecule has 0 spiro atoms. The number of hydrogen-bond acceptors (Lipinski definition) is 3. The fourth-order valence-corrected chi connectivity index (χ4v) is 2.73. The van der Waals surface area contributed by atoms with Gasteiger partial charge < -0.3 is 6.16 Å². The first-order chi connectivity index (χ1) is 16.0. The van der Waals surface area contributed by atoms with E-state index >= 15 is 0 Å². The SMILES string of the molecule is O=S(=O)(O)c1ccccc1OC(F)=C(F)C(F)(F)C(F)(F)C(F)(F)C(F)(F)C(F)(F)C(F)(F)C(F)(F)F.[H-].[Na+]. The van der Waals surface area contributed by atoms with Gasteiger partial charge in [-0.05, 0) is 12.1 Å². The number of halogens is 17. The predicted octanol–water partition coefficient (Wildman–Crippen LogP) is 3.91. The number of allylic oxidation sites excluding steroid dienone is 1. The Bertz CT molecular complexity index is 1170. The van der Waals surface area contributed by atoms with Gasteiger partial charge in [0.25, 0.3) is 10.1 Å². The van der Waals surface area contributed by atoms with Gasteiger partial charge in [-0.3, -0.25) is 4.55 Å². The molecular formula is C15H6F17NaO4S. The molecule has 0 unspecified atom stereocenters. The van der Waals surface area contributed by atoms with Crippen molar-refractivity contribution in [3.8, 4) is 5.75 Å². The number of rotatable bonds is 9. The van der Waals surface area contributed by atoms with E-state index in [0.29, 0.717) is 12.1 Å². The topological polar surface area (TPSA) is 63.6 Å². The second-order valence-corrected chi connectivity index (χ2v) is 7.95. The molecule has 0 atom stereocenters. The van der Waals surface area contributed by atoms with Crippen molar-refractivity contribution in [1.29, 1.82) is 0 Å². The molecule has 0 aromatic heterocycles. The van der Waals surface area contributed by atoms with Crippen LogP contribution in [0.4, 0.5) is 74.6 Å². The molecule has 216 valence electrons. The summed E-state index contributed by atoms with van der Waals surface area (Å²) in [6, 6.07) is -2.11. The number of alkyl halides is 15. The van der Waals surface area contributed by atoms with Crippen LogP contribution >= 0.6 is 0 Å². The first-order valence-corrected chi connectivity index (χ1v) is 9.61. The zero-order chi connectivity index (χ0) is 29.8. The summed E-state index contributed by atoms with van der Waals surface area (Å²) in [5.41, 5.74) is 0. The molecule has 0 aliphatic carbocycles. The Balaban J connectivity index is 0. The smallest absolute Gasteiger partial charge is 1.00 e. The van der Waals surface area contributed by atoms with Crippen molar-refractivity contribution in [2.24, 2.45) is 0 Å². The monoisotopic (exact) mass is 628 g/mol. The Morgan fingerprint density at radius 2 is 1.05 bits per heavy atom. The van der Waals surface area contributed by atoms with Crippen LogP contribution in [0.15, 0.2) is 41.0 Å². The maximum atomic E-state index is 13.7. The molecule has 0 bridgehead atoms. The summed E-state index contributed by atoms with van der Waals surface area (Å²) in [5, 5.41) is 0. The molecule has 1 aromatic carbocycles. The summed E-state index contributed by atoms with van der Waals surface area (Å²) in [4.78, 5) is -1.63. The number of hydrogen-bond donors (Lipinski definition) is 1.